The van der Waals surface area contributed by atoms with Crippen molar-refractivity contribution in [1.82, 2.24) is 4.90 Å². The lowest BCUT2D eigenvalue weighted by atomic mass is 9.99. The number of cyclic esters (lactones) is 1. The van der Waals surface area contributed by atoms with E-state index < -0.39 is 6.10 Å². The van der Waals surface area contributed by atoms with Crippen LogP contribution in [0.3, 0.4) is 0 Å². The molecule has 2 aromatic rings. The minimum Gasteiger partial charge on any atom is -0.497 e. The number of para-hydroxylation sites is 1. The molecule has 2 amide bonds. The van der Waals surface area contributed by atoms with Gasteiger partial charge in [0, 0.05) is 24.7 Å². The largest absolute Gasteiger partial charge is 0.497 e. The van der Waals surface area contributed by atoms with Gasteiger partial charge in [0.15, 0.2) is 6.10 Å². The summed E-state index contributed by atoms with van der Waals surface area (Å²) < 4.78 is 10.4. The quantitative estimate of drug-likeness (QED) is 0.860. The molecule has 2 aliphatic heterocycles. The molecule has 0 aromatic heterocycles. The standard InChI is InChI=1S/C22H24N2O5/c1-28-18-8-6-15(7-9-18)20(25)21(26)23-12-10-17(11-13-23)24-19-5-3-2-4-16(19)14-29-22(24)27/h2-9,17,20,25H,10-14H2,1H3. The summed E-state index contributed by atoms with van der Waals surface area (Å²) in [6.45, 7) is 1.24. The molecule has 7 nitrogen and oxygen atoms in total. The molecule has 2 aliphatic rings. The molecule has 1 N–H and O–H groups in total. The summed E-state index contributed by atoms with van der Waals surface area (Å²) in [4.78, 5) is 28.5. The number of benzene rings is 2. The van der Waals surface area contributed by atoms with Crippen LogP contribution in [0.1, 0.15) is 30.1 Å². The van der Waals surface area contributed by atoms with E-state index in [0.29, 0.717) is 37.2 Å². The predicted octanol–water partition coefficient (Wildman–Crippen LogP) is 2.88. The number of rotatable bonds is 4. The number of anilines is 1. The number of amides is 2. The summed E-state index contributed by atoms with van der Waals surface area (Å²) in [6, 6.07) is 14.5. The second-order valence-electron chi connectivity index (χ2n) is 7.29. The van der Waals surface area contributed by atoms with Crippen molar-refractivity contribution < 1.29 is 24.2 Å². The van der Waals surface area contributed by atoms with Gasteiger partial charge in [-0.3, -0.25) is 9.69 Å². The third-order valence-electron chi connectivity index (χ3n) is 5.61. The molecule has 152 valence electrons. The molecule has 4 rings (SSSR count). The first kappa shape index (κ1) is 19.3. The summed E-state index contributed by atoms with van der Waals surface area (Å²) >= 11 is 0. The Hall–Kier alpha value is -3.06. The predicted molar refractivity (Wildman–Crippen MR) is 107 cm³/mol. The van der Waals surface area contributed by atoms with E-state index >= 15 is 0 Å². The SMILES string of the molecule is COc1ccc(C(O)C(=O)N2CCC(N3C(=O)OCc4ccccc43)CC2)cc1. The van der Waals surface area contributed by atoms with Crippen molar-refractivity contribution in [1.29, 1.82) is 0 Å². The molecule has 0 spiro atoms. The fraction of sp³-hybridized carbons (Fsp3) is 0.364. The molecule has 0 bridgehead atoms. The Balaban J connectivity index is 1.41. The van der Waals surface area contributed by atoms with Crippen LogP contribution in [0.5, 0.6) is 5.75 Å². The highest BCUT2D eigenvalue weighted by molar-refractivity contribution is 5.91. The Kier molecular flexibility index (Phi) is 5.40. The highest BCUT2D eigenvalue weighted by atomic mass is 16.6. The number of hydrogen-bond donors (Lipinski definition) is 1. The van der Waals surface area contributed by atoms with Crippen molar-refractivity contribution >= 4 is 17.7 Å². The number of aliphatic hydroxyl groups excluding tert-OH is 1. The van der Waals surface area contributed by atoms with Gasteiger partial charge in [-0.25, -0.2) is 4.79 Å². The summed E-state index contributed by atoms with van der Waals surface area (Å²) in [5, 5.41) is 10.5. The lowest BCUT2D eigenvalue weighted by molar-refractivity contribution is -0.141. The van der Waals surface area contributed by atoms with E-state index in [4.69, 9.17) is 9.47 Å². The lowest BCUT2D eigenvalue weighted by Gasteiger charge is -2.40. The minimum atomic E-state index is -1.21. The van der Waals surface area contributed by atoms with E-state index in [9.17, 15) is 14.7 Å². The molecule has 1 unspecified atom stereocenters. The van der Waals surface area contributed by atoms with Crippen molar-refractivity contribution in [2.24, 2.45) is 0 Å². The molecule has 0 radical (unpaired) electrons. The van der Waals surface area contributed by atoms with Gasteiger partial charge in [0.25, 0.3) is 5.91 Å². The molecule has 1 saturated heterocycles. The molecule has 0 aliphatic carbocycles. The molecule has 7 heteroatoms. The van der Waals surface area contributed by atoms with E-state index in [1.54, 1.807) is 41.2 Å². The molecule has 29 heavy (non-hydrogen) atoms. The zero-order valence-corrected chi connectivity index (χ0v) is 16.3. The first-order valence-corrected chi connectivity index (χ1v) is 9.73. The van der Waals surface area contributed by atoms with Crippen molar-refractivity contribution in [2.75, 3.05) is 25.1 Å². The number of piperidine rings is 1. The zero-order chi connectivity index (χ0) is 20.4. The summed E-state index contributed by atoms with van der Waals surface area (Å²) in [5.41, 5.74) is 2.40. The van der Waals surface area contributed by atoms with Crippen LogP contribution in [-0.2, 0) is 16.1 Å². The van der Waals surface area contributed by atoms with Gasteiger partial charge in [0.2, 0.25) is 0 Å². The average Bonchev–Trinajstić information content (AvgIpc) is 2.78. The van der Waals surface area contributed by atoms with Gasteiger partial charge in [-0.15, -0.1) is 0 Å². The lowest BCUT2D eigenvalue weighted by Crippen LogP contribution is -2.51. The number of hydrogen-bond acceptors (Lipinski definition) is 5. The fourth-order valence-electron chi connectivity index (χ4n) is 3.97. The smallest absolute Gasteiger partial charge is 0.414 e. The van der Waals surface area contributed by atoms with Gasteiger partial charge >= 0.3 is 6.09 Å². The molecule has 2 heterocycles. The second-order valence-corrected chi connectivity index (χ2v) is 7.29. The van der Waals surface area contributed by atoms with Crippen LogP contribution in [0.2, 0.25) is 0 Å². The Morgan fingerprint density at radius 3 is 2.52 bits per heavy atom. The monoisotopic (exact) mass is 396 g/mol. The van der Waals surface area contributed by atoms with Crippen molar-refractivity contribution in [2.45, 2.75) is 31.6 Å². The van der Waals surface area contributed by atoms with Gasteiger partial charge in [-0.2, -0.15) is 0 Å². The Labute approximate surface area is 169 Å². The maximum absolute atomic E-state index is 12.7. The molecule has 2 aromatic carbocycles. The Morgan fingerprint density at radius 2 is 1.83 bits per heavy atom. The normalized spacial score (nSPS) is 18.1. The van der Waals surface area contributed by atoms with Crippen LogP contribution in [0.15, 0.2) is 48.5 Å². The number of aliphatic hydroxyl groups is 1. The molecular weight excluding hydrogens is 372 g/mol. The molecular formula is C22H24N2O5. The van der Waals surface area contributed by atoms with Crippen molar-refractivity contribution in [3.63, 3.8) is 0 Å². The van der Waals surface area contributed by atoms with Crippen LogP contribution in [0.25, 0.3) is 0 Å². The number of methoxy groups -OCH3 is 1. The number of nitrogens with zero attached hydrogens (tertiary/aromatic N) is 2. The van der Waals surface area contributed by atoms with E-state index in [0.717, 1.165) is 11.3 Å². The molecule has 1 fully saturated rings. The highest BCUT2D eigenvalue weighted by Gasteiger charge is 2.36. The zero-order valence-electron chi connectivity index (χ0n) is 16.3. The van der Waals surface area contributed by atoms with E-state index in [1.807, 2.05) is 24.3 Å². The van der Waals surface area contributed by atoms with Crippen LogP contribution in [0, 0.1) is 0 Å². The summed E-state index contributed by atoms with van der Waals surface area (Å²) in [6.07, 6.45) is -0.292. The number of likely N-dealkylation sites (tertiary alicyclic amines) is 1. The van der Waals surface area contributed by atoms with Crippen molar-refractivity contribution in [3.05, 3.63) is 59.7 Å². The van der Waals surface area contributed by atoms with Gasteiger partial charge in [-0.05, 0) is 36.6 Å². The molecule has 0 saturated carbocycles. The first-order valence-electron chi connectivity index (χ1n) is 9.73. The van der Waals surface area contributed by atoms with E-state index in [-0.39, 0.29) is 24.6 Å². The maximum atomic E-state index is 12.7. The number of ether oxygens (including phenoxy) is 2. The Bertz CT molecular complexity index is 890. The third kappa shape index (κ3) is 3.78. The van der Waals surface area contributed by atoms with Gasteiger partial charge in [0.05, 0.1) is 12.8 Å². The average molecular weight is 396 g/mol. The topological polar surface area (TPSA) is 79.3 Å². The van der Waals surface area contributed by atoms with Crippen LogP contribution in [0.4, 0.5) is 10.5 Å². The number of carbonyl (C=O) groups excluding carboxylic acids is 2. The number of fused-ring (bicyclic) bond motifs is 1. The van der Waals surface area contributed by atoms with Gasteiger partial charge in [0.1, 0.15) is 12.4 Å². The van der Waals surface area contributed by atoms with E-state index in [2.05, 4.69) is 0 Å². The van der Waals surface area contributed by atoms with Crippen LogP contribution in [-0.4, -0.2) is 48.2 Å². The second kappa shape index (κ2) is 8.13. The van der Waals surface area contributed by atoms with Gasteiger partial charge < -0.3 is 19.5 Å². The fourth-order valence-corrected chi connectivity index (χ4v) is 3.97. The van der Waals surface area contributed by atoms with E-state index in [1.165, 1.54) is 0 Å². The highest BCUT2D eigenvalue weighted by Crippen LogP contribution is 2.32. The first-order chi connectivity index (χ1) is 14.1. The maximum Gasteiger partial charge on any atom is 0.414 e. The third-order valence-corrected chi connectivity index (χ3v) is 5.61. The van der Waals surface area contributed by atoms with Gasteiger partial charge in [-0.1, -0.05) is 30.3 Å². The summed E-state index contributed by atoms with van der Waals surface area (Å²) in [5.74, 6) is 0.346. The Morgan fingerprint density at radius 1 is 1.14 bits per heavy atom. The van der Waals surface area contributed by atoms with Crippen LogP contribution >= 0.6 is 0 Å². The number of carbonyl (C=O) groups is 2. The van der Waals surface area contributed by atoms with Crippen LogP contribution < -0.4 is 9.64 Å². The van der Waals surface area contributed by atoms with Crippen molar-refractivity contribution in [3.8, 4) is 5.75 Å². The summed E-state index contributed by atoms with van der Waals surface area (Å²) in [7, 11) is 1.57. The minimum absolute atomic E-state index is 0.0360. The molecule has 1 atom stereocenters.